The van der Waals surface area contributed by atoms with E-state index < -0.39 is 0 Å². The highest BCUT2D eigenvalue weighted by Gasteiger charge is 2.22. The van der Waals surface area contributed by atoms with Crippen LogP contribution < -0.4 is 4.74 Å². The lowest BCUT2D eigenvalue weighted by atomic mass is 9.99. The Kier molecular flexibility index (Phi) is 5.91. The third-order valence-electron chi connectivity index (χ3n) is 5.76. The predicted octanol–water partition coefficient (Wildman–Crippen LogP) is 2.96. The van der Waals surface area contributed by atoms with Gasteiger partial charge in [-0.2, -0.15) is 0 Å². The summed E-state index contributed by atoms with van der Waals surface area (Å²) >= 11 is 0. The van der Waals surface area contributed by atoms with Gasteiger partial charge >= 0.3 is 0 Å². The summed E-state index contributed by atoms with van der Waals surface area (Å²) in [6, 6.07) is 6.00. The maximum atomic E-state index is 5.75. The normalized spacial score (nSPS) is 15.1. The summed E-state index contributed by atoms with van der Waals surface area (Å²) in [5.41, 5.74) is 4.24. The van der Waals surface area contributed by atoms with Crippen molar-refractivity contribution in [2.24, 2.45) is 0 Å². The quantitative estimate of drug-likeness (QED) is 0.411. The first kappa shape index (κ1) is 20.7. The molecule has 9 nitrogen and oxygen atoms in total. The van der Waals surface area contributed by atoms with Crippen LogP contribution >= 0.6 is 0 Å². The minimum absolute atomic E-state index is 0.318. The molecule has 4 aromatic heterocycles. The zero-order valence-corrected chi connectivity index (χ0v) is 18.4. The minimum Gasteiger partial charge on any atom is -0.478 e. The first-order valence-corrected chi connectivity index (χ1v) is 11.0. The van der Waals surface area contributed by atoms with Gasteiger partial charge < -0.3 is 14.4 Å². The number of fused-ring (bicyclic) bond motifs is 3. The molecule has 0 amide bonds. The van der Waals surface area contributed by atoms with Gasteiger partial charge in [0, 0.05) is 55.3 Å². The average molecular weight is 434 g/mol. The van der Waals surface area contributed by atoms with E-state index >= 15 is 0 Å². The second-order valence-corrected chi connectivity index (χ2v) is 8.35. The molecule has 0 unspecified atom stereocenters. The molecule has 32 heavy (non-hydrogen) atoms. The highest BCUT2D eigenvalue weighted by atomic mass is 16.5. The van der Waals surface area contributed by atoms with Crippen LogP contribution in [0.4, 0.5) is 0 Å². The van der Waals surface area contributed by atoms with Crippen molar-refractivity contribution < 1.29 is 9.47 Å². The Morgan fingerprint density at radius 1 is 1.03 bits per heavy atom. The van der Waals surface area contributed by atoms with Crippen molar-refractivity contribution in [3.8, 4) is 17.0 Å². The molecule has 1 fully saturated rings. The van der Waals surface area contributed by atoms with E-state index in [4.69, 9.17) is 9.47 Å². The molecule has 0 aromatic carbocycles. The Morgan fingerprint density at radius 2 is 1.84 bits per heavy atom. The van der Waals surface area contributed by atoms with Gasteiger partial charge in [0.2, 0.25) is 5.88 Å². The van der Waals surface area contributed by atoms with Gasteiger partial charge in [0.25, 0.3) is 0 Å². The smallest absolute Gasteiger partial charge is 0.213 e. The third kappa shape index (κ3) is 4.26. The van der Waals surface area contributed by atoms with Gasteiger partial charge in [0.05, 0.1) is 18.3 Å². The molecule has 0 radical (unpaired) electrons. The SMILES string of the molecule is CN(C)CCCOc1ccc(-c2cnc3ncc4nnc(C5CCOCC5)n4c3c2)cn1. The summed E-state index contributed by atoms with van der Waals surface area (Å²) in [4.78, 5) is 15.7. The first-order chi connectivity index (χ1) is 15.7. The number of rotatable bonds is 7. The molecule has 1 saturated heterocycles. The van der Waals surface area contributed by atoms with Gasteiger partial charge in [-0.25, -0.2) is 15.0 Å². The number of pyridine rings is 2. The van der Waals surface area contributed by atoms with Gasteiger partial charge in [-0.15, -0.1) is 10.2 Å². The summed E-state index contributed by atoms with van der Waals surface area (Å²) in [6.45, 7) is 3.14. The molecule has 0 saturated carbocycles. The lowest BCUT2D eigenvalue weighted by molar-refractivity contribution is 0.0834. The molecule has 4 aromatic rings. The van der Waals surface area contributed by atoms with Crippen LogP contribution in [0.3, 0.4) is 0 Å². The van der Waals surface area contributed by atoms with Crippen LogP contribution in [0, 0.1) is 0 Å². The molecule has 0 atom stereocenters. The molecule has 0 N–H and O–H groups in total. The van der Waals surface area contributed by atoms with E-state index in [-0.39, 0.29) is 0 Å². The van der Waals surface area contributed by atoms with E-state index in [1.807, 2.05) is 24.5 Å². The predicted molar refractivity (Wildman–Crippen MR) is 121 cm³/mol. The maximum absolute atomic E-state index is 5.75. The molecule has 0 bridgehead atoms. The molecule has 5 rings (SSSR count). The van der Waals surface area contributed by atoms with E-state index in [0.29, 0.717) is 24.1 Å². The van der Waals surface area contributed by atoms with Gasteiger partial charge in [-0.1, -0.05) is 0 Å². The van der Waals surface area contributed by atoms with Crippen LogP contribution in [0.1, 0.15) is 31.0 Å². The molecule has 5 heterocycles. The summed E-state index contributed by atoms with van der Waals surface area (Å²) < 4.78 is 13.4. The van der Waals surface area contributed by atoms with Crippen LogP contribution in [-0.2, 0) is 4.74 Å². The number of hydrogen-bond acceptors (Lipinski definition) is 8. The highest BCUT2D eigenvalue weighted by molar-refractivity contribution is 5.79. The number of ether oxygens (including phenoxy) is 2. The number of nitrogens with zero attached hydrogens (tertiary/aromatic N) is 7. The topological polar surface area (TPSA) is 90.6 Å². The van der Waals surface area contributed by atoms with Crippen molar-refractivity contribution in [2.75, 3.05) is 40.5 Å². The summed E-state index contributed by atoms with van der Waals surface area (Å²) in [6.07, 6.45) is 8.23. The van der Waals surface area contributed by atoms with Crippen molar-refractivity contribution in [1.29, 1.82) is 0 Å². The van der Waals surface area contributed by atoms with Crippen LogP contribution in [0.15, 0.2) is 36.8 Å². The van der Waals surface area contributed by atoms with Crippen molar-refractivity contribution >= 4 is 16.8 Å². The lowest BCUT2D eigenvalue weighted by Crippen LogP contribution is -2.16. The van der Waals surface area contributed by atoms with E-state index in [9.17, 15) is 0 Å². The zero-order chi connectivity index (χ0) is 21.9. The molecular formula is C23H27N7O2. The second kappa shape index (κ2) is 9.13. The Bertz CT molecular complexity index is 1200. The third-order valence-corrected chi connectivity index (χ3v) is 5.76. The zero-order valence-electron chi connectivity index (χ0n) is 18.4. The average Bonchev–Trinajstić information content (AvgIpc) is 3.27. The van der Waals surface area contributed by atoms with Gasteiger partial charge in [0.15, 0.2) is 11.3 Å². The molecule has 166 valence electrons. The van der Waals surface area contributed by atoms with Gasteiger partial charge in [-0.05, 0) is 45.5 Å². The van der Waals surface area contributed by atoms with Crippen molar-refractivity contribution in [3.63, 3.8) is 0 Å². The van der Waals surface area contributed by atoms with Crippen molar-refractivity contribution in [1.82, 2.24) is 34.4 Å². The monoisotopic (exact) mass is 433 g/mol. The molecular weight excluding hydrogens is 406 g/mol. The Labute approximate surface area is 186 Å². The van der Waals surface area contributed by atoms with Crippen molar-refractivity contribution in [3.05, 3.63) is 42.6 Å². The van der Waals surface area contributed by atoms with E-state index in [2.05, 4.69) is 54.6 Å². The number of hydrogen-bond donors (Lipinski definition) is 0. The van der Waals surface area contributed by atoms with E-state index in [1.54, 1.807) is 6.20 Å². The fraction of sp³-hybridized carbons (Fsp3) is 0.435. The molecule has 0 aliphatic carbocycles. The Balaban J connectivity index is 1.43. The minimum atomic E-state index is 0.318. The fourth-order valence-electron chi connectivity index (χ4n) is 4.04. The van der Waals surface area contributed by atoms with Crippen LogP contribution in [0.25, 0.3) is 27.9 Å². The lowest BCUT2D eigenvalue weighted by Gasteiger charge is -2.20. The summed E-state index contributed by atoms with van der Waals surface area (Å²) in [5.74, 6) is 1.90. The van der Waals surface area contributed by atoms with Gasteiger partial charge in [-0.3, -0.25) is 4.40 Å². The van der Waals surface area contributed by atoms with E-state index in [1.165, 1.54) is 0 Å². The summed E-state index contributed by atoms with van der Waals surface area (Å²) in [7, 11) is 4.11. The van der Waals surface area contributed by atoms with Crippen LogP contribution in [-0.4, -0.2) is 74.9 Å². The fourth-order valence-corrected chi connectivity index (χ4v) is 4.04. The second-order valence-electron chi connectivity index (χ2n) is 8.35. The summed E-state index contributed by atoms with van der Waals surface area (Å²) in [5, 5.41) is 8.84. The first-order valence-electron chi connectivity index (χ1n) is 11.0. The Hall–Kier alpha value is -3.17. The van der Waals surface area contributed by atoms with Crippen LogP contribution in [0.2, 0.25) is 0 Å². The van der Waals surface area contributed by atoms with E-state index in [0.717, 1.165) is 67.1 Å². The number of aromatic nitrogens is 6. The molecule has 0 spiro atoms. The largest absolute Gasteiger partial charge is 0.478 e. The maximum Gasteiger partial charge on any atom is 0.213 e. The van der Waals surface area contributed by atoms with Crippen LogP contribution in [0.5, 0.6) is 5.88 Å². The molecule has 1 aliphatic heterocycles. The Morgan fingerprint density at radius 3 is 2.62 bits per heavy atom. The molecule has 9 heteroatoms. The molecule has 1 aliphatic rings. The van der Waals surface area contributed by atoms with Gasteiger partial charge in [0.1, 0.15) is 5.82 Å². The standard InChI is InChI=1S/C23H27N7O2/c1-29(2)8-3-9-32-21-5-4-17(13-24-21)18-12-19-22(25-14-18)26-15-20-27-28-23(30(19)20)16-6-10-31-11-7-16/h4-5,12-16H,3,6-11H2,1-2H3. The van der Waals surface area contributed by atoms with Crippen molar-refractivity contribution in [2.45, 2.75) is 25.2 Å². The highest BCUT2D eigenvalue weighted by Crippen LogP contribution is 2.29.